The number of anilines is 1. The van der Waals surface area contributed by atoms with Crippen molar-refractivity contribution < 1.29 is 0 Å². The van der Waals surface area contributed by atoms with Gasteiger partial charge in [-0.25, -0.2) is 9.97 Å². The summed E-state index contributed by atoms with van der Waals surface area (Å²) in [5, 5.41) is 11.5. The van der Waals surface area contributed by atoms with Crippen LogP contribution in [-0.2, 0) is 25.8 Å². The lowest BCUT2D eigenvalue weighted by atomic mass is 9.96. The average molecular weight is 286 g/mol. The summed E-state index contributed by atoms with van der Waals surface area (Å²) in [5.41, 5.74) is 2.54. The minimum Gasteiger partial charge on any atom is -0.368 e. The van der Waals surface area contributed by atoms with Crippen LogP contribution in [0.5, 0.6) is 0 Å². The van der Waals surface area contributed by atoms with E-state index in [1.165, 1.54) is 24.1 Å². The van der Waals surface area contributed by atoms with Crippen molar-refractivity contribution in [3.63, 3.8) is 0 Å². The standard InChI is InChI=1S/C15H22N6/c1-3-14-20-17-10-21(14)9-8-16-15-12-6-4-5-7-13(12)18-11(2)19-15/h10H,3-9H2,1-2H3,(H,16,18,19). The van der Waals surface area contributed by atoms with Gasteiger partial charge >= 0.3 is 0 Å². The van der Waals surface area contributed by atoms with Gasteiger partial charge in [-0.05, 0) is 32.6 Å². The zero-order valence-electron chi connectivity index (χ0n) is 12.8. The van der Waals surface area contributed by atoms with E-state index in [4.69, 9.17) is 0 Å². The number of fused-ring (bicyclic) bond motifs is 1. The van der Waals surface area contributed by atoms with Gasteiger partial charge in [-0.15, -0.1) is 10.2 Å². The summed E-state index contributed by atoms with van der Waals surface area (Å²) in [7, 11) is 0. The van der Waals surface area contributed by atoms with Gasteiger partial charge in [0, 0.05) is 30.8 Å². The van der Waals surface area contributed by atoms with Crippen molar-refractivity contribution in [3.05, 3.63) is 29.2 Å². The minimum absolute atomic E-state index is 0.827. The third-order valence-corrected chi connectivity index (χ3v) is 3.95. The Kier molecular flexibility index (Phi) is 4.13. The van der Waals surface area contributed by atoms with E-state index in [0.717, 1.165) is 49.8 Å². The normalized spacial score (nSPS) is 14.0. The predicted octanol–water partition coefficient (Wildman–Crippen LogP) is 1.93. The van der Waals surface area contributed by atoms with E-state index in [2.05, 4.69) is 37.0 Å². The van der Waals surface area contributed by atoms with Crippen molar-refractivity contribution in [2.75, 3.05) is 11.9 Å². The van der Waals surface area contributed by atoms with Crippen LogP contribution in [0, 0.1) is 6.92 Å². The molecule has 2 heterocycles. The Hall–Kier alpha value is -1.98. The highest BCUT2D eigenvalue weighted by Crippen LogP contribution is 2.25. The maximum Gasteiger partial charge on any atom is 0.133 e. The average Bonchev–Trinajstić information content (AvgIpc) is 2.94. The third-order valence-electron chi connectivity index (χ3n) is 3.95. The summed E-state index contributed by atoms with van der Waals surface area (Å²) < 4.78 is 2.09. The summed E-state index contributed by atoms with van der Waals surface area (Å²) in [5.74, 6) is 2.90. The summed E-state index contributed by atoms with van der Waals surface area (Å²) in [4.78, 5) is 9.17. The molecule has 0 amide bonds. The molecule has 0 radical (unpaired) electrons. The first-order valence-corrected chi connectivity index (χ1v) is 7.75. The number of aromatic nitrogens is 5. The van der Waals surface area contributed by atoms with Crippen molar-refractivity contribution in [1.29, 1.82) is 0 Å². The number of hydrogen-bond donors (Lipinski definition) is 1. The van der Waals surface area contributed by atoms with E-state index in [1.54, 1.807) is 6.33 Å². The van der Waals surface area contributed by atoms with E-state index in [1.807, 2.05) is 6.92 Å². The molecule has 21 heavy (non-hydrogen) atoms. The first-order chi connectivity index (χ1) is 10.3. The van der Waals surface area contributed by atoms with Crippen molar-refractivity contribution in [1.82, 2.24) is 24.7 Å². The molecule has 0 bridgehead atoms. The predicted molar refractivity (Wildman–Crippen MR) is 81.3 cm³/mol. The molecule has 0 fully saturated rings. The number of rotatable bonds is 5. The molecule has 0 saturated carbocycles. The second-order valence-corrected chi connectivity index (χ2v) is 5.47. The van der Waals surface area contributed by atoms with E-state index in [-0.39, 0.29) is 0 Å². The van der Waals surface area contributed by atoms with Crippen LogP contribution in [0.2, 0.25) is 0 Å². The van der Waals surface area contributed by atoms with Gasteiger partial charge in [0.2, 0.25) is 0 Å². The van der Waals surface area contributed by atoms with Gasteiger partial charge in [-0.3, -0.25) is 0 Å². The minimum atomic E-state index is 0.827. The lowest BCUT2D eigenvalue weighted by Crippen LogP contribution is -2.17. The second kappa shape index (κ2) is 6.20. The van der Waals surface area contributed by atoms with Crippen LogP contribution in [0.1, 0.15) is 42.7 Å². The third kappa shape index (κ3) is 3.04. The van der Waals surface area contributed by atoms with Gasteiger partial charge < -0.3 is 9.88 Å². The lowest BCUT2D eigenvalue weighted by molar-refractivity contribution is 0.653. The quantitative estimate of drug-likeness (QED) is 0.909. The molecule has 0 saturated heterocycles. The molecule has 6 nitrogen and oxygen atoms in total. The molecule has 112 valence electrons. The van der Waals surface area contributed by atoms with Crippen LogP contribution >= 0.6 is 0 Å². The maximum absolute atomic E-state index is 4.59. The van der Waals surface area contributed by atoms with Gasteiger partial charge in [0.15, 0.2) is 0 Å². The van der Waals surface area contributed by atoms with Crippen molar-refractivity contribution >= 4 is 5.82 Å². The topological polar surface area (TPSA) is 68.5 Å². The Bertz CT molecular complexity index is 619. The van der Waals surface area contributed by atoms with Gasteiger partial charge in [-0.1, -0.05) is 6.92 Å². The highest BCUT2D eigenvalue weighted by Gasteiger charge is 2.16. The van der Waals surface area contributed by atoms with Gasteiger partial charge in [0.25, 0.3) is 0 Å². The fraction of sp³-hybridized carbons (Fsp3) is 0.600. The molecule has 1 aliphatic carbocycles. The molecule has 0 aromatic carbocycles. The molecule has 0 unspecified atom stereocenters. The van der Waals surface area contributed by atoms with Crippen LogP contribution in [-0.4, -0.2) is 31.3 Å². The SMILES string of the molecule is CCc1nncn1CCNc1nc(C)nc2c1CCCC2. The van der Waals surface area contributed by atoms with Crippen molar-refractivity contribution in [3.8, 4) is 0 Å². The van der Waals surface area contributed by atoms with Gasteiger partial charge in [-0.2, -0.15) is 0 Å². The second-order valence-electron chi connectivity index (χ2n) is 5.47. The molecule has 1 N–H and O–H groups in total. The van der Waals surface area contributed by atoms with E-state index >= 15 is 0 Å². The Labute approximate surface area is 125 Å². The fourth-order valence-corrected chi connectivity index (χ4v) is 2.90. The maximum atomic E-state index is 4.59. The van der Waals surface area contributed by atoms with Crippen LogP contribution in [0.25, 0.3) is 0 Å². The highest BCUT2D eigenvalue weighted by molar-refractivity contribution is 5.47. The molecule has 0 atom stereocenters. The number of nitrogens with zero attached hydrogens (tertiary/aromatic N) is 5. The van der Waals surface area contributed by atoms with Gasteiger partial charge in [0.1, 0.15) is 23.8 Å². The van der Waals surface area contributed by atoms with Crippen molar-refractivity contribution in [2.45, 2.75) is 52.5 Å². The Morgan fingerprint density at radius 2 is 2.10 bits per heavy atom. The molecule has 0 spiro atoms. The number of aryl methyl sites for hydroxylation is 3. The van der Waals surface area contributed by atoms with Crippen LogP contribution in [0.3, 0.4) is 0 Å². The molecule has 6 heteroatoms. The molecule has 3 rings (SSSR count). The van der Waals surface area contributed by atoms with Crippen LogP contribution in [0.4, 0.5) is 5.82 Å². The fourth-order valence-electron chi connectivity index (χ4n) is 2.90. The molecular weight excluding hydrogens is 264 g/mol. The monoisotopic (exact) mass is 286 g/mol. The number of nitrogens with one attached hydrogen (secondary N) is 1. The Balaban J connectivity index is 1.69. The summed E-state index contributed by atoms with van der Waals surface area (Å²) in [6.45, 7) is 5.75. The zero-order valence-corrected chi connectivity index (χ0v) is 12.8. The smallest absolute Gasteiger partial charge is 0.133 e. The van der Waals surface area contributed by atoms with E-state index < -0.39 is 0 Å². The molecular formula is C15H22N6. The number of hydrogen-bond acceptors (Lipinski definition) is 5. The largest absolute Gasteiger partial charge is 0.368 e. The zero-order chi connectivity index (χ0) is 14.7. The van der Waals surface area contributed by atoms with E-state index in [0.29, 0.717) is 0 Å². The molecule has 2 aromatic heterocycles. The molecule has 0 aliphatic heterocycles. The first-order valence-electron chi connectivity index (χ1n) is 7.75. The Morgan fingerprint density at radius 1 is 1.24 bits per heavy atom. The summed E-state index contributed by atoms with van der Waals surface area (Å²) in [6.07, 6.45) is 7.34. The first kappa shape index (κ1) is 14.0. The lowest BCUT2D eigenvalue weighted by Gasteiger charge is -2.19. The summed E-state index contributed by atoms with van der Waals surface area (Å²) >= 11 is 0. The van der Waals surface area contributed by atoms with Crippen molar-refractivity contribution in [2.24, 2.45) is 0 Å². The van der Waals surface area contributed by atoms with Crippen LogP contribution < -0.4 is 5.32 Å². The molecule has 1 aliphatic rings. The summed E-state index contributed by atoms with van der Waals surface area (Å²) in [6, 6.07) is 0. The van der Waals surface area contributed by atoms with E-state index in [9.17, 15) is 0 Å². The molecule has 2 aromatic rings. The highest BCUT2D eigenvalue weighted by atomic mass is 15.3. The van der Waals surface area contributed by atoms with Crippen LogP contribution in [0.15, 0.2) is 6.33 Å². The van der Waals surface area contributed by atoms with Gasteiger partial charge in [0.05, 0.1) is 0 Å². The Morgan fingerprint density at radius 3 is 2.95 bits per heavy atom.